The van der Waals surface area contributed by atoms with Crippen LogP contribution in [0.5, 0.6) is 0 Å². The fraction of sp³-hybridized carbons (Fsp3) is 0.308. The van der Waals surface area contributed by atoms with E-state index in [0.29, 0.717) is 11.4 Å². The van der Waals surface area contributed by atoms with Crippen LogP contribution in [0.2, 0.25) is 0 Å². The minimum absolute atomic E-state index is 0.116. The maximum atomic E-state index is 11.3. The van der Waals surface area contributed by atoms with Gasteiger partial charge in [0, 0.05) is 19.2 Å². The summed E-state index contributed by atoms with van der Waals surface area (Å²) in [4.78, 5) is 19.8. The lowest BCUT2D eigenvalue weighted by Gasteiger charge is -2.15. The molecule has 0 fully saturated rings. The first-order valence-corrected chi connectivity index (χ1v) is 6.01. The van der Waals surface area contributed by atoms with Crippen molar-refractivity contribution >= 4 is 5.97 Å². The number of carboxylic acid groups (broad SMARTS) is 1. The van der Waals surface area contributed by atoms with Crippen molar-refractivity contribution in [1.29, 1.82) is 0 Å². The molecule has 0 radical (unpaired) electrons. The van der Waals surface area contributed by atoms with Gasteiger partial charge in [0.2, 0.25) is 0 Å². The van der Waals surface area contributed by atoms with Gasteiger partial charge in [-0.25, -0.2) is 9.78 Å². The molecule has 0 aliphatic carbocycles. The fourth-order valence-corrected chi connectivity index (χ4v) is 2.40. The summed E-state index contributed by atoms with van der Waals surface area (Å²) >= 11 is 0. The molecule has 5 nitrogen and oxygen atoms in total. The van der Waals surface area contributed by atoms with Crippen LogP contribution < -0.4 is 0 Å². The van der Waals surface area contributed by atoms with E-state index in [1.807, 2.05) is 22.8 Å². The minimum atomic E-state index is -0.988. The van der Waals surface area contributed by atoms with Gasteiger partial charge in [0.15, 0.2) is 5.69 Å². The van der Waals surface area contributed by atoms with Crippen molar-refractivity contribution in [3.8, 4) is 11.4 Å². The zero-order chi connectivity index (χ0) is 12.5. The Balaban J connectivity index is 2.23. The summed E-state index contributed by atoms with van der Waals surface area (Å²) in [5.41, 5.74) is 1.43. The smallest absolute Gasteiger partial charge is 0.356 e. The highest BCUT2D eigenvalue weighted by molar-refractivity contribution is 5.92. The zero-order valence-electron chi connectivity index (χ0n) is 9.83. The van der Waals surface area contributed by atoms with Gasteiger partial charge < -0.3 is 9.67 Å². The number of aromatic nitrogens is 3. The standard InChI is InChI=1S/C13H13N3O2/c17-13(18)11-12(9-5-1-3-7-14-9)16-8-4-2-6-10(16)15-11/h1,3,5,7H,2,4,6,8H2,(H,17,18). The summed E-state index contributed by atoms with van der Waals surface area (Å²) in [6, 6.07) is 5.50. The predicted molar refractivity (Wildman–Crippen MR) is 65.4 cm³/mol. The highest BCUT2D eigenvalue weighted by Gasteiger charge is 2.25. The molecule has 0 amide bonds. The molecule has 5 heteroatoms. The molecule has 0 saturated carbocycles. The number of pyridine rings is 1. The third-order valence-corrected chi connectivity index (χ3v) is 3.19. The summed E-state index contributed by atoms with van der Waals surface area (Å²) in [5, 5.41) is 9.27. The van der Waals surface area contributed by atoms with Crippen LogP contribution in [0.25, 0.3) is 11.4 Å². The second-order valence-corrected chi connectivity index (χ2v) is 4.35. The number of hydrogen-bond donors (Lipinski definition) is 1. The summed E-state index contributed by atoms with van der Waals surface area (Å²) < 4.78 is 2.00. The molecule has 3 rings (SSSR count). The van der Waals surface area contributed by atoms with Crippen LogP contribution in [-0.2, 0) is 13.0 Å². The van der Waals surface area contributed by atoms with Crippen molar-refractivity contribution in [1.82, 2.24) is 14.5 Å². The van der Waals surface area contributed by atoms with Gasteiger partial charge in [0.05, 0.1) is 5.69 Å². The Morgan fingerprint density at radius 3 is 2.94 bits per heavy atom. The van der Waals surface area contributed by atoms with E-state index in [-0.39, 0.29) is 5.69 Å². The lowest BCUT2D eigenvalue weighted by molar-refractivity contribution is 0.0691. The number of hydrogen-bond acceptors (Lipinski definition) is 3. The number of fused-ring (bicyclic) bond motifs is 1. The molecule has 18 heavy (non-hydrogen) atoms. The summed E-state index contributed by atoms with van der Waals surface area (Å²) in [5.74, 6) is -0.128. The summed E-state index contributed by atoms with van der Waals surface area (Å²) in [6.07, 6.45) is 4.64. The van der Waals surface area contributed by atoms with Crippen molar-refractivity contribution in [2.45, 2.75) is 25.8 Å². The Kier molecular flexibility index (Phi) is 2.59. The van der Waals surface area contributed by atoms with E-state index < -0.39 is 5.97 Å². The second kappa shape index (κ2) is 4.25. The van der Waals surface area contributed by atoms with Crippen molar-refractivity contribution in [3.05, 3.63) is 35.9 Å². The van der Waals surface area contributed by atoms with E-state index in [4.69, 9.17) is 0 Å². The quantitative estimate of drug-likeness (QED) is 0.875. The van der Waals surface area contributed by atoms with E-state index in [1.165, 1.54) is 0 Å². The number of imidazole rings is 1. The number of aryl methyl sites for hydroxylation is 1. The first kappa shape index (κ1) is 11.0. The van der Waals surface area contributed by atoms with Crippen LogP contribution in [0.15, 0.2) is 24.4 Å². The number of carboxylic acids is 1. The van der Waals surface area contributed by atoms with E-state index in [9.17, 15) is 9.90 Å². The van der Waals surface area contributed by atoms with E-state index >= 15 is 0 Å². The molecule has 0 aromatic carbocycles. The molecule has 92 valence electrons. The van der Waals surface area contributed by atoms with Gasteiger partial charge in [0.1, 0.15) is 11.5 Å². The summed E-state index contributed by atoms with van der Waals surface area (Å²) in [6.45, 7) is 0.821. The van der Waals surface area contributed by atoms with Crippen LogP contribution in [0.3, 0.4) is 0 Å². The van der Waals surface area contributed by atoms with Gasteiger partial charge in [-0.2, -0.15) is 0 Å². The van der Waals surface area contributed by atoms with Gasteiger partial charge in [-0.1, -0.05) is 6.07 Å². The molecular weight excluding hydrogens is 230 g/mol. The van der Waals surface area contributed by atoms with Crippen LogP contribution in [0, 0.1) is 0 Å². The predicted octanol–water partition coefficient (Wildman–Crippen LogP) is 1.98. The third-order valence-electron chi connectivity index (χ3n) is 3.19. The maximum absolute atomic E-state index is 11.3. The molecule has 2 aromatic heterocycles. The highest BCUT2D eigenvalue weighted by atomic mass is 16.4. The molecule has 0 spiro atoms. The molecule has 0 atom stereocenters. The van der Waals surface area contributed by atoms with E-state index in [0.717, 1.165) is 31.6 Å². The van der Waals surface area contributed by atoms with Crippen molar-refractivity contribution in [2.75, 3.05) is 0 Å². The minimum Gasteiger partial charge on any atom is -0.476 e. The number of carbonyl (C=O) groups is 1. The Morgan fingerprint density at radius 2 is 2.22 bits per heavy atom. The first-order chi connectivity index (χ1) is 8.77. The monoisotopic (exact) mass is 243 g/mol. The molecular formula is C13H13N3O2. The van der Waals surface area contributed by atoms with Crippen LogP contribution in [-0.4, -0.2) is 25.6 Å². The average Bonchev–Trinajstić information content (AvgIpc) is 2.79. The summed E-state index contributed by atoms with van der Waals surface area (Å²) in [7, 11) is 0. The van der Waals surface area contributed by atoms with Crippen molar-refractivity contribution in [2.24, 2.45) is 0 Å². The largest absolute Gasteiger partial charge is 0.476 e. The van der Waals surface area contributed by atoms with Gasteiger partial charge in [-0.3, -0.25) is 4.98 Å². The Hall–Kier alpha value is -2.17. The van der Waals surface area contributed by atoms with Crippen LogP contribution >= 0.6 is 0 Å². The molecule has 3 heterocycles. The molecule has 1 N–H and O–H groups in total. The molecule has 1 aliphatic rings. The highest BCUT2D eigenvalue weighted by Crippen LogP contribution is 2.27. The van der Waals surface area contributed by atoms with Gasteiger partial charge >= 0.3 is 5.97 Å². The van der Waals surface area contributed by atoms with Crippen molar-refractivity contribution < 1.29 is 9.90 Å². The Labute approximate surface area is 104 Å². The number of nitrogens with zero attached hydrogens (tertiary/aromatic N) is 3. The number of aromatic carboxylic acids is 1. The van der Waals surface area contributed by atoms with Crippen molar-refractivity contribution in [3.63, 3.8) is 0 Å². The van der Waals surface area contributed by atoms with E-state index in [1.54, 1.807) is 6.20 Å². The van der Waals surface area contributed by atoms with E-state index in [2.05, 4.69) is 9.97 Å². The lowest BCUT2D eigenvalue weighted by Crippen LogP contribution is -2.12. The SMILES string of the molecule is O=C(O)c1nc2n(c1-c1ccccn1)CCCC2. The fourth-order valence-electron chi connectivity index (χ4n) is 2.40. The average molecular weight is 243 g/mol. The Bertz CT molecular complexity index is 590. The van der Waals surface area contributed by atoms with Gasteiger partial charge in [-0.05, 0) is 25.0 Å². The maximum Gasteiger partial charge on any atom is 0.356 e. The number of rotatable bonds is 2. The van der Waals surface area contributed by atoms with Gasteiger partial charge in [-0.15, -0.1) is 0 Å². The van der Waals surface area contributed by atoms with Gasteiger partial charge in [0.25, 0.3) is 0 Å². The molecule has 2 aromatic rings. The molecule has 0 unspecified atom stereocenters. The molecule has 0 saturated heterocycles. The zero-order valence-corrected chi connectivity index (χ0v) is 9.83. The van der Waals surface area contributed by atoms with Crippen LogP contribution in [0.1, 0.15) is 29.2 Å². The second-order valence-electron chi connectivity index (χ2n) is 4.35. The third kappa shape index (κ3) is 1.68. The molecule has 1 aliphatic heterocycles. The topological polar surface area (TPSA) is 68.0 Å². The Morgan fingerprint density at radius 1 is 1.33 bits per heavy atom. The molecule has 0 bridgehead atoms. The lowest BCUT2D eigenvalue weighted by atomic mass is 10.1. The normalized spacial score (nSPS) is 14.2. The first-order valence-electron chi connectivity index (χ1n) is 6.01. The van der Waals surface area contributed by atoms with Crippen LogP contribution in [0.4, 0.5) is 0 Å².